The fraction of sp³-hybridized carbons (Fsp3) is 0.400. The summed E-state index contributed by atoms with van der Waals surface area (Å²) in [4.78, 5) is 11.5. The largest absolute Gasteiger partial charge is 0.496 e. The number of Topliss-reactive ketones (excluding diaryl/α,β-unsaturated/α-hetero) is 1. The Labute approximate surface area is 118 Å². The summed E-state index contributed by atoms with van der Waals surface area (Å²) in [5, 5.41) is 3.23. The molecule has 2 rings (SSSR count). The molecule has 1 N–H and O–H groups in total. The number of methoxy groups -OCH3 is 3. The topological polar surface area (TPSA) is 56.8 Å². The van der Waals surface area contributed by atoms with Gasteiger partial charge in [0.2, 0.25) is 0 Å². The van der Waals surface area contributed by atoms with E-state index in [0.29, 0.717) is 36.6 Å². The van der Waals surface area contributed by atoms with Gasteiger partial charge >= 0.3 is 0 Å². The number of allylic oxidation sites excluding steroid dienone is 1. The second kappa shape index (κ2) is 6.32. The molecular formula is C15H19NO4. The van der Waals surface area contributed by atoms with E-state index in [-0.39, 0.29) is 5.78 Å². The van der Waals surface area contributed by atoms with E-state index in [1.807, 2.05) is 12.1 Å². The predicted molar refractivity (Wildman–Crippen MR) is 76.3 cm³/mol. The van der Waals surface area contributed by atoms with Crippen LogP contribution in [0.4, 0.5) is 0 Å². The quantitative estimate of drug-likeness (QED) is 0.912. The Morgan fingerprint density at radius 1 is 1.05 bits per heavy atom. The molecule has 1 heterocycles. The summed E-state index contributed by atoms with van der Waals surface area (Å²) < 4.78 is 15.9. The molecule has 5 nitrogen and oxygen atoms in total. The van der Waals surface area contributed by atoms with Crippen molar-refractivity contribution in [2.75, 3.05) is 27.9 Å². The van der Waals surface area contributed by atoms with Crippen LogP contribution in [0, 0.1) is 0 Å². The van der Waals surface area contributed by atoms with Crippen molar-refractivity contribution < 1.29 is 19.0 Å². The third kappa shape index (κ3) is 3.04. The number of rotatable bonds is 4. The van der Waals surface area contributed by atoms with Gasteiger partial charge in [0.25, 0.3) is 0 Å². The van der Waals surface area contributed by atoms with Gasteiger partial charge in [-0.25, -0.2) is 0 Å². The number of carbonyl (C=O) groups is 1. The summed E-state index contributed by atoms with van der Waals surface area (Å²) >= 11 is 0. The average Bonchev–Trinajstić information content (AvgIpc) is 2.46. The van der Waals surface area contributed by atoms with Gasteiger partial charge in [0.15, 0.2) is 11.5 Å². The number of piperidine rings is 1. The van der Waals surface area contributed by atoms with E-state index in [4.69, 9.17) is 14.2 Å². The summed E-state index contributed by atoms with van der Waals surface area (Å²) in [6.07, 6.45) is 2.93. The zero-order valence-electron chi connectivity index (χ0n) is 12.0. The van der Waals surface area contributed by atoms with Crippen LogP contribution in [-0.4, -0.2) is 33.7 Å². The SMILES string of the molecule is COc1cc(OC)c(OC)cc1C=C1CC(=O)CCN1. The van der Waals surface area contributed by atoms with Gasteiger partial charge < -0.3 is 19.5 Å². The van der Waals surface area contributed by atoms with Crippen LogP contribution in [0.1, 0.15) is 18.4 Å². The fourth-order valence-corrected chi connectivity index (χ4v) is 2.18. The molecule has 0 amide bonds. The van der Waals surface area contributed by atoms with E-state index in [0.717, 1.165) is 11.3 Å². The third-order valence-electron chi connectivity index (χ3n) is 3.21. The normalized spacial score (nSPS) is 16.8. The van der Waals surface area contributed by atoms with Crippen molar-refractivity contribution in [2.24, 2.45) is 0 Å². The number of hydrogen-bond donors (Lipinski definition) is 1. The molecule has 0 spiro atoms. The Hall–Kier alpha value is -2.17. The Kier molecular flexibility index (Phi) is 4.50. The lowest BCUT2D eigenvalue weighted by Crippen LogP contribution is -2.25. The van der Waals surface area contributed by atoms with Crippen LogP contribution in [0.2, 0.25) is 0 Å². The Bertz CT molecular complexity index is 537. The van der Waals surface area contributed by atoms with Gasteiger partial charge in [0.1, 0.15) is 11.5 Å². The zero-order chi connectivity index (χ0) is 14.5. The van der Waals surface area contributed by atoms with Gasteiger partial charge in [0.05, 0.1) is 21.3 Å². The van der Waals surface area contributed by atoms with Crippen LogP contribution in [0.25, 0.3) is 6.08 Å². The Balaban J connectivity index is 2.39. The second-order valence-electron chi connectivity index (χ2n) is 4.51. The molecule has 1 saturated heterocycles. The highest BCUT2D eigenvalue weighted by molar-refractivity contribution is 5.83. The van der Waals surface area contributed by atoms with Crippen molar-refractivity contribution in [2.45, 2.75) is 12.8 Å². The monoisotopic (exact) mass is 277 g/mol. The van der Waals surface area contributed by atoms with Crippen LogP contribution >= 0.6 is 0 Å². The van der Waals surface area contributed by atoms with E-state index in [1.165, 1.54) is 0 Å². The number of benzene rings is 1. The van der Waals surface area contributed by atoms with Crippen molar-refractivity contribution in [3.63, 3.8) is 0 Å². The first-order valence-electron chi connectivity index (χ1n) is 6.44. The van der Waals surface area contributed by atoms with Crippen molar-refractivity contribution >= 4 is 11.9 Å². The minimum Gasteiger partial charge on any atom is -0.496 e. The highest BCUT2D eigenvalue weighted by Gasteiger charge is 2.15. The molecule has 0 saturated carbocycles. The molecule has 1 aliphatic rings. The van der Waals surface area contributed by atoms with Crippen LogP contribution in [0.3, 0.4) is 0 Å². The van der Waals surface area contributed by atoms with Crippen molar-refractivity contribution in [1.29, 1.82) is 0 Å². The summed E-state index contributed by atoms with van der Waals surface area (Å²) in [7, 11) is 4.77. The zero-order valence-corrected chi connectivity index (χ0v) is 12.0. The standard InChI is InChI=1S/C15H19NO4/c1-18-13-9-15(20-3)14(19-2)7-10(13)6-11-8-12(17)4-5-16-11/h6-7,9,16H,4-5,8H2,1-3H3. The van der Waals surface area contributed by atoms with Crippen LogP contribution in [0.5, 0.6) is 17.2 Å². The van der Waals surface area contributed by atoms with Gasteiger partial charge in [-0.3, -0.25) is 4.79 Å². The lowest BCUT2D eigenvalue weighted by molar-refractivity contribution is -0.119. The molecule has 108 valence electrons. The first kappa shape index (κ1) is 14.2. The number of ketones is 1. The molecule has 0 unspecified atom stereocenters. The maximum Gasteiger partial charge on any atom is 0.164 e. The molecule has 1 aliphatic heterocycles. The van der Waals surface area contributed by atoms with E-state index < -0.39 is 0 Å². The molecule has 0 radical (unpaired) electrons. The average molecular weight is 277 g/mol. The van der Waals surface area contributed by atoms with Crippen LogP contribution in [-0.2, 0) is 4.79 Å². The first-order chi connectivity index (χ1) is 9.67. The molecule has 1 fully saturated rings. The Morgan fingerprint density at radius 2 is 1.70 bits per heavy atom. The lowest BCUT2D eigenvalue weighted by atomic mass is 10.0. The third-order valence-corrected chi connectivity index (χ3v) is 3.21. The molecule has 20 heavy (non-hydrogen) atoms. The van der Waals surface area contributed by atoms with Gasteiger partial charge in [-0.2, -0.15) is 0 Å². The summed E-state index contributed by atoms with van der Waals surface area (Å²) in [6.45, 7) is 0.681. The fourth-order valence-electron chi connectivity index (χ4n) is 2.18. The summed E-state index contributed by atoms with van der Waals surface area (Å²) in [6, 6.07) is 3.61. The Morgan fingerprint density at radius 3 is 2.30 bits per heavy atom. The molecule has 1 aromatic carbocycles. The number of hydrogen-bond acceptors (Lipinski definition) is 5. The minimum atomic E-state index is 0.245. The number of carbonyl (C=O) groups excluding carboxylic acids is 1. The molecular weight excluding hydrogens is 258 g/mol. The van der Waals surface area contributed by atoms with Gasteiger partial charge in [-0.15, -0.1) is 0 Å². The molecule has 0 atom stereocenters. The van der Waals surface area contributed by atoms with Crippen LogP contribution in [0.15, 0.2) is 17.8 Å². The summed E-state index contributed by atoms with van der Waals surface area (Å²) in [5.41, 5.74) is 1.74. The first-order valence-corrected chi connectivity index (χ1v) is 6.44. The highest BCUT2D eigenvalue weighted by atomic mass is 16.5. The molecule has 0 aliphatic carbocycles. The second-order valence-corrected chi connectivity index (χ2v) is 4.51. The van der Waals surface area contributed by atoms with Gasteiger partial charge in [0, 0.05) is 36.7 Å². The summed E-state index contributed by atoms with van der Waals surface area (Å²) in [5.74, 6) is 2.16. The van der Waals surface area contributed by atoms with Gasteiger partial charge in [-0.05, 0) is 12.1 Å². The molecule has 5 heteroatoms. The highest BCUT2D eigenvalue weighted by Crippen LogP contribution is 2.35. The van der Waals surface area contributed by atoms with Gasteiger partial charge in [-0.1, -0.05) is 0 Å². The van der Waals surface area contributed by atoms with Crippen LogP contribution < -0.4 is 19.5 Å². The minimum absolute atomic E-state index is 0.245. The lowest BCUT2D eigenvalue weighted by Gasteiger charge is -2.17. The van der Waals surface area contributed by atoms with E-state index in [9.17, 15) is 4.79 Å². The van der Waals surface area contributed by atoms with Crippen molar-refractivity contribution in [3.8, 4) is 17.2 Å². The predicted octanol–water partition coefficient (Wildman–Crippen LogP) is 2.01. The molecule has 0 aromatic heterocycles. The maximum atomic E-state index is 11.5. The molecule has 1 aromatic rings. The van der Waals surface area contributed by atoms with E-state index in [2.05, 4.69) is 5.32 Å². The number of nitrogens with one attached hydrogen (secondary N) is 1. The smallest absolute Gasteiger partial charge is 0.164 e. The molecule has 0 bridgehead atoms. The maximum absolute atomic E-state index is 11.5. The van der Waals surface area contributed by atoms with E-state index >= 15 is 0 Å². The van der Waals surface area contributed by atoms with E-state index in [1.54, 1.807) is 27.4 Å². The number of ether oxygens (including phenoxy) is 3. The van der Waals surface area contributed by atoms with Crippen molar-refractivity contribution in [3.05, 3.63) is 23.4 Å². The van der Waals surface area contributed by atoms with Crippen molar-refractivity contribution in [1.82, 2.24) is 5.32 Å².